The Kier molecular flexibility index (Phi) is 5.73. The lowest BCUT2D eigenvalue weighted by molar-refractivity contribution is 0.184. The Morgan fingerprint density at radius 3 is 2.60 bits per heavy atom. The Labute approximate surface area is 99.7 Å². The summed E-state index contributed by atoms with van der Waals surface area (Å²) >= 11 is 3.46. The van der Waals surface area contributed by atoms with Crippen LogP contribution in [-0.2, 0) is 4.74 Å². The van der Waals surface area contributed by atoms with Gasteiger partial charge in [0, 0.05) is 18.2 Å². The van der Waals surface area contributed by atoms with Crippen molar-refractivity contribution in [1.82, 2.24) is 0 Å². The van der Waals surface area contributed by atoms with Gasteiger partial charge in [0.15, 0.2) is 0 Å². The van der Waals surface area contributed by atoms with Crippen LogP contribution in [0.15, 0.2) is 22.7 Å². The molecule has 0 heterocycles. The molecule has 15 heavy (non-hydrogen) atoms. The average molecular weight is 273 g/mol. The van der Waals surface area contributed by atoms with Crippen molar-refractivity contribution < 1.29 is 9.47 Å². The van der Waals surface area contributed by atoms with Crippen LogP contribution in [0.5, 0.6) is 5.75 Å². The van der Waals surface area contributed by atoms with Gasteiger partial charge in [0.1, 0.15) is 5.75 Å². The van der Waals surface area contributed by atoms with Gasteiger partial charge in [-0.1, -0.05) is 15.9 Å². The van der Waals surface area contributed by atoms with Crippen molar-refractivity contribution in [1.29, 1.82) is 0 Å². The van der Waals surface area contributed by atoms with Crippen LogP contribution in [0, 0.1) is 6.92 Å². The fourth-order valence-electron chi connectivity index (χ4n) is 1.25. The van der Waals surface area contributed by atoms with Crippen LogP contribution in [-0.4, -0.2) is 20.3 Å². The van der Waals surface area contributed by atoms with Gasteiger partial charge in [0.05, 0.1) is 6.61 Å². The Bertz CT molecular complexity index is 300. The lowest BCUT2D eigenvalue weighted by atomic mass is 10.2. The molecule has 0 radical (unpaired) electrons. The minimum atomic E-state index is 0.754. The van der Waals surface area contributed by atoms with E-state index in [1.54, 1.807) is 7.11 Å². The minimum absolute atomic E-state index is 0.754. The molecule has 0 aliphatic heterocycles. The summed E-state index contributed by atoms with van der Waals surface area (Å²) in [6, 6.07) is 6.04. The van der Waals surface area contributed by atoms with Gasteiger partial charge < -0.3 is 9.47 Å². The third kappa shape index (κ3) is 4.67. The third-order valence-corrected chi connectivity index (χ3v) is 3.03. The second kappa shape index (κ2) is 6.85. The predicted molar refractivity (Wildman–Crippen MR) is 65.5 cm³/mol. The van der Waals surface area contributed by atoms with Crippen LogP contribution < -0.4 is 4.74 Å². The molecule has 0 aliphatic rings. The summed E-state index contributed by atoms with van der Waals surface area (Å²) in [7, 11) is 1.72. The van der Waals surface area contributed by atoms with Gasteiger partial charge >= 0.3 is 0 Å². The first-order chi connectivity index (χ1) is 7.24. The number of unbranched alkanes of at least 4 members (excludes halogenated alkanes) is 1. The maximum Gasteiger partial charge on any atom is 0.119 e. The summed E-state index contributed by atoms with van der Waals surface area (Å²) in [5.41, 5.74) is 1.20. The zero-order valence-corrected chi connectivity index (χ0v) is 10.8. The quantitative estimate of drug-likeness (QED) is 0.738. The number of hydrogen-bond donors (Lipinski definition) is 0. The van der Waals surface area contributed by atoms with Gasteiger partial charge in [0.2, 0.25) is 0 Å². The van der Waals surface area contributed by atoms with Crippen LogP contribution in [0.1, 0.15) is 18.4 Å². The highest BCUT2D eigenvalue weighted by Crippen LogP contribution is 2.21. The van der Waals surface area contributed by atoms with Crippen LogP contribution >= 0.6 is 15.9 Å². The molecule has 0 unspecified atom stereocenters. The Morgan fingerprint density at radius 2 is 1.93 bits per heavy atom. The summed E-state index contributed by atoms with van der Waals surface area (Å²) in [4.78, 5) is 0. The van der Waals surface area contributed by atoms with Crippen LogP contribution in [0.4, 0.5) is 0 Å². The molecule has 0 aromatic heterocycles. The first-order valence-electron chi connectivity index (χ1n) is 5.12. The molecule has 0 bridgehead atoms. The third-order valence-electron chi connectivity index (χ3n) is 2.14. The normalized spacial score (nSPS) is 10.3. The van der Waals surface area contributed by atoms with Gasteiger partial charge in [-0.25, -0.2) is 0 Å². The zero-order chi connectivity index (χ0) is 11.1. The van der Waals surface area contributed by atoms with E-state index >= 15 is 0 Å². The molecular weight excluding hydrogens is 256 g/mol. The lowest BCUT2D eigenvalue weighted by Crippen LogP contribution is -1.99. The first-order valence-corrected chi connectivity index (χ1v) is 5.91. The van der Waals surface area contributed by atoms with E-state index in [-0.39, 0.29) is 0 Å². The van der Waals surface area contributed by atoms with Gasteiger partial charge in [-0.15, -0.1) is 0 Å². The molecule has 0 N–H and O–H groups in total. The summed E-state index contributed by atoms with van der Waals surface area (Å²) < 4.78 is 11.7. The Hall–Kier alpha value is -0.540. The van der Waals surface area contributed by atoms with E-state index in [0.29, 0.717) is 0 Å². The zero-order valence-electron chi connectivity index (χ0n) is 9.25. The SMILES string of the molecule is COCCCCOc1ccc(Br)c(C)c1. The highest BCUT2D eigenvalue weighted by Gasteiger charge is 1.97. The number of ether oxygens (including phenoxy) is 2. The highest BCUT2D eigenvalue weighted by molar-refractivity contribution is 9.10. The number of methoxy groups -OCH3 is 1. The largest absolute Gasteiger partial charge is 0.494 e. The molecular formula is C12H17BrO2. The van der Waals surface area contributed by atoms with Crippen LogP contribution in [0.2, 0.25) is 0 Å². The topological polar surface area (TPSA) is 18.5 Å². The molecule has 3 heteroatoms. The molecule has 1 aromatic rings. The van der Waals surface area contributed by atoms with Gasteiger partial charge in [0.25, 0.3) is 0 Å². The summed E-state index contributed by atoms with van der Waals surface area (Å²) in [5.74, 6) is 0.938. The Morgan fingerprint density at radius 1 is 1.20 bits per heavy atom. The molecule has 1 rings (SSSR count). The number of hydrogen-bond acceptors (Lipinski definition) is 2. The molecule has 0 saturated carbocycles. The van der Waals surface area contributed by atoms with Crippen LogP contribution in [0.25, 0.3) is 0 Å². The van der Waals surface area contributed by atoms with E-state index in [4.69, 9.17) is 9.47 Å². The summed E-state index contributed by atoms with van der Waals surface area (Å²) in [5, 5.41) is 0. The number of benzene rings is 1. The highest BCUT2D eigenvalue weighted by atomic mass is 79.9. The fraction of sp³-hybridized carbons (Fsp3) is 0.500. The van der Waals surface area contributed by atoms with E-state index in [1.807, 2.05) is 18.2 Å². The number of rotatable bonds is 6. The standard InChI is InChI=1S/C12H17BrO2/c1-10-9-11(5-6-12(10)13)15-8-4-3-7-14-2/h5-6,9H,3-4,7-8H2,1-2H3. The van der Waals surface area contributed by atoms with E-state index in [1.165, 1.54) is 5.56 Å². The van der Waals surface area contributed by atoms with Crippen molar-refractivity contribution in [2.45, 2.75) is 19.8 Å². The van der Waals surface area contributed by atoms with Crippen LogP contribution in [0.3, 0.4) is 0 Å². The summed E-state index contributed by atoms with van der Waals surface area (Å²) in [6.45, 7) is 3.62. The van der Waals surface area contributed by atoms with E-state index < -0.39 is 0 Å². The second-order valence-electron chi connectivity index (χ2n) is 3.46. The van der Waals surface area contributed by atoms with Crippen molar-refractivity contribution in [3.8, 4) is 5.75 Å². The minimum Gasteiger partial charge on any atom is -0.494 e. The number of halogens is 1. The molecule has 0 amide bonds. The molecule has 0 atom stereocenters. The Balaban J connectivity index is 2.28. The number of aryl methyl sites for hydroxylation is 1. The van der Waals surface area contributed by atoms with Gasteiger partial charge in [-0.2, -0.15) is 0 Å². The lowest BCUT2D eigenvalue weighted by Gasteiger charge is -2.07. The molecule has 0 aliphatic carbocycles. The monoisotopic (exact) mass is 272 g/mol. The molecule has 0 spiro atoms. The maximum absolute atomic E-state index is 5.61. The van der Waals surface area contributed by atoms with E-state index in [9.17, 15) is 0 Å². The van der Waals surface area contributed by atoms with E-state index in [0.717, 1.165) is 36.3 Å². The molecule has 2 nitrogen and oxygen atoms in total. The predicted octanol–water partition coefficient (Wildman–Crippen LogP) is 3.56. The van der Waals surface area contributed by atoms with Crippen molar-refractivity contribution in [3.05, 3.63) is 28.2 Å². The molecule has 1 aromatic carbocycles. The fourth-order valence-corrected chi connectivity index (χ4v) is 1.49. The van der Waals surface area contributed by atoms with Crippen molar-refractivity contribution in [3.63, 3.8) is 0 Å². The summed E-state index contributed by atoms with van der Waals surface area (Å²) in [6.07, 6.45) is 2.08. The molecule has 0 fully saturated rings. The molecule has 0 saturated heterocycles. The average Bonchev–Trinajstić information content (AvgIpc) is 2.23. The second-order valence-corrected chi connectivity index (χ2v) is 4.31. The van der Waals surface area contributed by atoms with Crippen molar-refractivity contribution in [2.24, 2.45) is 0 Å². The van der Waals surface area contributed by atoms with E-state index in [2.05, 4.69) is 22.9 Å². The maximum atomic E-state index is 5.61. The van der Waals surface area contributed by atoms with Crippen molar-refractivity contribution in [2.75, 3.05) is 20.3 Å². The van der Waals surface area contributed by atoms with Crippen molar-refractivity contribution >= 4 is 15.9 Å². The molecule has 84 valence electrons. The first kappa shape index (κ1) is 12.5. The van der Waals surface area contributed by atoms with Gasteiger partial charge in [-0.05, 0) is 43.5 Å². The smallest absolute Gasteiger partial charge is 0.119 e. The van der Waals surface area contributed by atoms with Gasteiger partial charge in [-0.3, -0.25) is 0 Å².